The molecule has 0 bridgehead atoms. The summed E-state index contributed by atoms with van der Waals surface area (Å²) in [6, 6.07) is 24.7. The molecule has 0 aromatic heterocycles. The fourth-order valence-corrected chi connectivity index (χ4v) is 5.09. The highest BCUT2D eigenvalue weighted by Gasteiger charge is 2.33. The minimum atomic E-state index is -1.01. The topological polar surface area (TPSA) is 105 Å². The summed E-state index contributed by atoms with van der Waals surface area (Å²) in [5.41, 5.74) is 5.39. The molecule has 0 heterocycles. The third-order valence-corrected chi connectivity index (χ3v) is 7.22. The number of aliphatic carboxylic acids is 1. The fourth-order valence-electron chi connectivity index (χ4n) is 5.09. The maximum Gasteiger partial charge on any atom is 0.407 e. The van der Waals surface area contributed by atoms with Crippen LogP contribution in [0.5, 0.6) is 0 Å². The zero-order chi connectivity index (χ0) is 28.5. The van der Waals surface area contributed by atoms with E-state index in [1.807, 2.05) is 73.7 Å². The maximum atomic E-state index is 13.6. The summed E-state index contributed by atoms with van der Waals surface area (Å²) in [5.74, 6) is -1.37. The van der Waals surface area contributed by atoms with Crippen LogP contribution in [0.4, 0.5) is 4.79 Å². The number of nitrogens with one attached hydrogen (secondary N) is 1. The summed E-state index contributed by atoms with van der Waals surface area (Å²) in [6.07, 6.45) is -1.11. The predicted octanol–water partition coefficient (Wildman–Crippen LogP) is 5.21. The van der Waals surface area contributed by atoms with Gasteiger partial charge in [-0.25, -0.2) is 4.79 Å². The average Bonchev–Trinajstić information content (AvgIpc) is 3.29. The lowest BCUT2D eigenvalue weighted by Gasteiger charge is -2.30. The van der Waals surface area contributed by atoms with E-state index in [9.17, 15) is 14.4 Å². The van der Waals surface area contributed by atoms with Crippen molar-refractivity contribution in [2.24, 2.45) is 0 Å². The molecule has 0 unspecified atom stereocenters. The molecule has 8 nitrogen and oxygen atoms in total. The Bertz CT molecular complexity index is 1270. The quantitative estimate of drug-likeness (QED) is 0.306. The molecule has 0 spiro atoms. The second-order valence-electron chi connectivity index (χ2n) is 9.86. The number of rotatable bonds is 13. The number of carboxylic acids is 1. The van der Waals surface area contributed by atoms with Gasteiger partial charge in [-0.2, -0.15) is 0 Å². The van der Waals surface area contributed by atoms with Crippen molar-refractivity contribution in [3.63, 3.8) is 0 Å². The lowest BCUT2D eigenvalue weighted by Crippen LogP contribution is -2.54. The van der Waals surface area contributed by atoms with Gasteiger partial charge in [0.2, 0.25) is 5.91 Å². The second kappa shape index (κ2) is 13.8. The minimum Gasteiger partial charge on any atom is -0.481 e. The summed E-state index contributed by atoms with van der Waals surface area (Å²) in [5, 5.41) is 11.8. The summed E-state index contributed by atoms with van der Waals surface area (Å²) < 4.78 is 11.7. The van der Waals surface area contributed by atoms with E-state index in [4.69, 9.17) is 14.6 Å². The van der Waals surface area contributed by atoms with Gasteiger partial charge in [0.15, 0.2) is 0 Å². The van der Waals surface area contributed by atoms with Gasteiger partial charge >= 0.3 is 12.1 Å². The van der Waals surface area contributed by atoms with E-state index >= 15 is 0 Å². The molecule has 210 valence electrons. The van der Waals surface area contributed by atoms with Crippen molar-refractivity contribution < 1.29 is 29.0 Å². The molecule has 1 aliphatic rings. The number of hydrogen-bond acceptors (Lipinski definition) is 5. The molecule has 2 amide bonds. The first-order valence-electron chi connectivity index (χ1n) is 13.7. The van der Waals surface area contributed by atoms with Crippen LogP contribution in [0, 0.1) is 0 Å². The van der Waals surface area contributed by atoms with Gasteiger partial charge in [0.05, 0.1) is 12.7 Å². The van der Waals surface area contributed by atoms with Crippen LogP contribution in [-0.4, -0.2) is 59.8 Å². The lowest BCUT2D eigenvalue weighted by atomic mass is 9.98. The van der Waals surface area contributed by atoms with Crippen molar-refractivity contribution in [2.75, 3.05) is 19.7 Å². The van der Waals surface area contributed by atoms with Crippen molar-refractivity contribution in [2.45, 2.75) is 51.4 Å². The first-order chi connectivity index (χ1) is 19.4. The average molecular weight is 545 g/mol. The SMILES string of the molecule is CCN(CCCC(=O)O)C(=O)[C@H](NC(=O)OCC1c2ccccc2-c2ccccc21)[C@H](C)OCc1ccccc1. The summed E-state index contributed by atoms with van der Waals surface area (Å²) in [4.78, 5) is 39.2. The predicted molar refractivity (Wildman–Crippen MR) is 152 cm³/mol. The van der Waals surface area contributed by atoms with Crippen molar-refractivity contribution >= 4 is 18.0 Å². The zero-order valence-corrected chi connectivity index (χ0v) is 22.9. The van der Waals surface area contributed by atoms with Gasteiger partial charge in [-0.1, -0.05) is 78.9 Å². The van der Waals surface area contributed by atoms with E-state index in [1.54, 1.807) is 11.8 Å². The highest BCUT2D eigenvalue weighted by atomic mass is 16.5. The number of carbonyl (C=O) groups is 3. The normalized spacial score (nSPS) is 13.6. The molecule has 40 heavy (non-hydrogen) atoms. The number of nitrogens with zero attached hydrogens (tertiary/aromatic N) is 1. The summed E-state index contributed by atoms with van der Waals surface area (Å²) >= 11 is 0. The number of likely N-dealkylation sites (N-methyl/N-ethyl adjacent to an activating group) is 1. The Balaban J connectivity index is 1.45. The number of amides is 2. The second-order valence-corrected chi connectivity index (χ2v) is 9.86. The summed E-state index contributed by atoms with van der Waals surface area (Å²) in [7, 11) is 0. The molecule has 0 saturated carbocycles. The first kappa shape index (κ1) is 28.8. The number of alkyl carbamates (subject to hydrolysis) is 1. The maximum absolute atomic E-state index is 13.6. The Labute approximate surface area is 234 Å². The number of carbonyl (C=O) groups excluding carboxylic acids is 2. The molecule has 4 rings (SSSR count). The Morgan fingerprint density at radius 1 is 0.925 bits per heavy atom. The third-order valence-electron chi connectivity index (χ3n) is 7.22. The van der Waals surface area contributed by atoms with Crippen LogP contribution in [0.1, 0.15) is 49.3 Å². The number of carboxylic acid groups (broad SMARTS) is 1. The molecule has 0 aliphatic heterocycles. The van der Waals surface area contributed by atoms with Crippen molar-refractivity contribution in [1.82, 2.24) is 10.2 Å². The molecule has 3 aromatic carbocycles. The molecule has 3 aromatic rings. The number of fused-ring (bicyclic) bond motifs is 3. The van der Waals surface area contributed by atoms with Gasteiger partial charge in [-0.3, -0.25) is 9.59 Å². The van der Waals surface area contributed by atoms with Crippen molar-refractivity contribution in [1.29, 1.82) is 0 Å². The van der Waals surface area contributed by atoms with E-state index in [-0.39, 0.29) is 38.0 Å². The Morgan fingerprint density at radius 2 is 1.52 bits per heavy atom. The van der Waals surface area contributed by atoms with Crippen LogP contribution in [0.25, 0.3) is 11.1 Å². The highest BCUT2D eigenvalue weighted by Crippen LogP contribution is 2.44. The third kappa shape index (κ3) is 7.07. The number of hydrogen-bond donors (Lipinski definition) is 2. The molecule has 0 saturated heterocycles. The standard InChI is InChI=1S/C32H36N2O6/c1-3-34(19-11-18-29(35)36)31(37)30(22(2)39-20-23-12-5-4-6-13-23)33-32(38)40-21-28-26-16-9-7-14-24(26)25-15-8-10-17-27(25)28/h4-10,12-17,22,28,30H,3,11,18-21H2,1-2H3,(H,33,38)(H,35,36)/t22-,30+/m0/s1. The van der Waals surface area contributed by atoms with Gasteiger partial charge in [-0.05, 0) is 48.1 Å². The van der Waals surface area contributed by atoms with Crippen LogP contribution in [-0.2, 0) is 25.7 Å². The zero-order valence-electron chi connectivity index (χ0n) is 22.9. The van der Waals surface area contributed by atoms with Crippen LogP contribution in [0.15, 0.2) is 78.9 Å². The van der Waals surface area contributed by atoms with E-state index in [0.717, 1.165) is 27.8 Å². The van der Waals surface area contributed by atoms with Crippen LogP contribution in [0.3, 0.4) is 0 Å². The Morgan fingerprint density at radius 3 is 2.12 bits per heavy atom. The smallest absolute Gasteiger partial charge is 0.407 e. The van der Waals surface area contributed by atoms with E-state index in [1.165, 1.54) is 0 Å². The van der Waals surface area contributed by atoms with Crippen molar-refractivity contribution in [3.05, 3.63) is 95.6 Å². The summed E-state index contributed by atoms with van der Waals surface area (Å²) in [6.45, 7) is 4.57. The fraction of sp³-hybridized carbons (Fsp3) is 0.344. The Kier molecular flexibility index (Phi) is 9.91. The number of benzene rings is 3. The van der Waals surface area contributed by atoms with Gasteiger partial charge in [0.1, 0.15) is 12.6 Å². The van der Waals surface area contributed by atoms with Gasteiger partial charge in [0.25, 0.3) is 0 Å². The highest BCUT2D eigenvalue weighted by molar-refractivity contribution is 5.86. The van der Waals surface area contributed by atoms with Gasteiger partial charge in [-0.15, -0.1) is 0 Å². The van der Waals surface area contributed by atoms with Crippen molar-refractivity contribution in [3.8, 4) is 11.1 Å². The van der Waals surface area contributed by atoms with E-state index in [0.29, 0.717) is 13.0 Å². The van der Waals surface area contributed by atoms with E-state index in [2.05, 4.69) is 17.4 Å². The van der Waals surface area contributed by atoms with Gasteiger partial charge in [0, 0.05) is 25.4 Å². The molecular weight excluding hydrogens is 508 g/mol. The molecule has 0 fully saturated rings. The van der Waals surface area contributed by atoms with Gasteiger partial charge < -0.3 is 24.8 Å². The monoisotopic (exact) mass is 544 g/mol. The molecule has 2 N–H and O–H groups in total. The van der Waals surface area contributed by atoms with E-state index < -0.39 is 24.2 Å². The minimum absolute atomic E-state index is 0.0473. The molecule has 1 aliphatic carbocycles. The molecule has 0 radical (unpaired) electrons. The first-order valence-corrected chi connectivity index (χ1v) is 13.7. The van der Waals surface area contributed by atoms with Crippen LogP contribution in [0.2, 0.25) is 0 Å². The number of ether oxygens (including phenoxy) is 2. The molecule has 8 heteroatoms. The lowest BCUT2D eigenvalue weighted by molar-refractivity contribution is -0.140. The Hall–Kier alpha value is -4.17. The molecular formula is C32H36N2O6. The largest absolute Gasteiger partial charge is 0.481 e. The molecule has 2 atom stereocenters. The van der Waals surface area contributed by atoms with Crippen LogP contribution < -0.4 is 5.32 Å². The van der Waals surface area contributed by atoms with Crippen LogP contribution >= 0.6 is 0 Å².